The Balaban J connectivity index is 1.76. The first kappa shape index (κ1) is 22.8. The quantitative estimate of drug-likeness (QED) is 0.527. The van der Waals surface area contributed by atoms with Gasteiger partial charge in [0.25, 0.3) is 0 Å². The maximum atomic E-state index is 13.2. The van der Waals surface area contributed by atoms with Crippen molar-refractivity contribution in [3.8, 4) is 11.5 Å². The van der Waals surface area contributed by atoms with E-state index in [-0.39, 0.29) is 37.6 Å². The van der Waals surface area contributed by atoms with Gasteiger partial charge in [0.15, 0.2) is 0 Å². The van der Waals surface area contributed by atoms with Crippen molar-refractivity contribution in [1.82, 2.24) is 9.80 Å². The molecule has 166 valence electrons. The minimum Gasteiger partial charge on any atom is -0.497 e. The highest BCUT2D eigenvalue weighted by Gasteiger charge is 2.33. The SMILES string of the molecule is C=CCN(CC(=O)N1CCc2sccc2[C@@H]1COc1cccc(OC)c1)C(=O)COC. The largest absolute Gasteiger partial charge is 0.497 e. The van der Waals surface area contributed by atoms with Crippen LogP contribution in [0.4, 0.5) is 0 Å². The Morgan fingerprint density at radius 1 is 1.29 bits per heavy atom. The van der Waals surface area contributed by atoms with E-state index < -0.39 is 0 Å². The lowest BCUT2D eigenvalue weighted by molar-refractivity contribution is -0.144. The predicted octanol–water partition coefficient (Wildman–Crippen LogP) is 2.92. The van der Waals surface area contributed by atoms with E-state index in [0.29, 0.717) is 24.7 Å². The molecule has 1 aliphatic rings. The summed E-state index contributed by atoms with van der Waals surface area (Å²) in [6, 6.07) is 9.22. The van der Waals surface area contributed by atoms with Gasteiger partial charge in [0.2, 0.25) is 11.8 Å². The molecule has 0 fully saturated rings. The number of carbonyl (C=O) groups is 2. The van der Waals surface area contributed by atoms with Crippen molar-refractivity contribution < 1.29 is 23.8 Å². The third-order valence-corrected chi connectivity index (χ3v) is 6.16. The lowest BCUT2D eigenvalue weighted by Crippen LogP contribution is -2.48. The molecule has 2 amide bonds. The number of benzene rings is 1. The van der Waals surface area contributed by atoms with Crippen molar-refractivity contribution in [2.45, 2.75) is 12.5 Å². The minimum atomic E-state index is -0.242. The smallest absolute Gasteiger partial charge is 0.249 e. The van der Waals surface area contributed by atoms with Gasteiger partial charge in [-0.3, -0.25) is 9.59 Å². The molecule has 0 saturated carbocycles. The minimum absolute atomic E-state index is 0.0245. The zero-order chi connectivity index (χ0) is 22.2. The first-order valence-corrected chi connectivity index (χ1v) is 11.0. The van der Waals surface area contributed by atoms with Gasteiger partial charge in [-0.2, -0.15) is 0 Å². The number of fused-ring (bicyclic) bond motifs is 1. The summed E-state index contributed by atoms with van der Waals surface area (Å²) < 4.78 is 16.2. The molecule has 1 atom stereocenters. The van der Waals surface area contributed by atoms with E-state index in [1.807, 2.05) is 34.5 Å². The Kier molecular flexibility index (Phi) is 8.08. The fourth-order valence-electron chi connectivity index (χ4n) is 3.62. The van der Waals surface area contributed by atoms with Crippen molar-refractivity contribution in [1.29, 1.82) is 0 Å². The summed E-state index contributed by atoms with van der Waals surface area (Å²) in [5, 5.41) is 2.04. The lowest BCUT2D eigenvalue weighted by Gasteiger charge is -2.37. The number of ether oxygens (including phenoxy) is 3. The van der Waals surface area contributed by atoms with Gasteiger partial charge in [-0.1, -0.05) is 12.1 Å². The molecule has 1 aromatic heterocycles. The molecule has 2 aromatic rings. The van der Waals surface area contributed by atoms with Crippen LogP contribution in [0.2, 0.25) is 0 Å². The van der Waals surface area contributed by atoms with E-state index in [4.69, 9.17) is 14.2 Å². The molecule has 0 spiro atoms. The molecule has 2 heterocycles. The normalized spacial score (nSPS) is 15.2. The maximum Gasteiger partial charge on any atom is 0.249 e. The average Bonchev–Trinajstić information content (AvgIpc) is 3.26. The van der Waals surface area contributed by atoms with Crippen LogP contribution in [0.5, 0.6) is 11.5 Å². The van der Waals surface area contributed by atoms with E-state index in [0.717, 1.165) is 12.0 Å². The Hall–Kier alpha value is -2.84. The van der Waals surface area contributed by atoms with Crippen LogP contribution in [-0.2, 0) is 20.7 Å². The molecule has 0 saturated heterocycles. The highest BCUT2D eigenvalue weighted by molar-refractivity contribution is 7.10. The first-order valence-electron chi connectivity index (χ1n) is 10.1. The molecule has 7 nitrogen and oxygen atoms in total. The summed E-state index contributed by atoms with van der Waals surface area (Å²) in [6.07, 6.45) is 2.40. The van der Waals surface area contributed by atoms with Gasteiger partial charge in [-0.25, -0.2) is 0 Å². The van der Waals surface area contributed by atoms with Crippen LogP contribution in [-0.4, -0.2) is 68.7 Å². The number of rotatable bonds is 10. The lowest BCUT2D eigenvalue weighted by atomic mass is 10.0. The highest BCUT2D eigenvalue weighted by atomic mass is 32.1. The molecule has 0 N–H and O–H groups in total. The second-order valence-corrected chi connectivity index (χ2v) is 8.14. The van der Waals surface area contributed by atoms with Gasteiger partial charge in [0, 0.05) is 31.1 Å². The van der Waals surface area contributed by atoms with Crippen molar-refractivity contribution in [3.05, 3.63) is 58.8 Å². The van der Waals surface area contributed by atoms with Gasteiger partial charge in [0.05, 0.1) is 13.2 Å². The Labute approximate surface area is 186 Å². The van der Waals surface area contributed by atoms with Crippen LogP contribution in [0, 0.1) is 0 Å². The number of amides is 2. The van der Waals surface area contributed by atoms with Crippen LogP contribution >= 0.6 is 11.3 Å². The second-order valence-electron chi connectivity index (χ2n) is 7.14. The van der Waals surface area contributed by atoms with E-state index in [9.17, 15) is 9.59 Å². The van der Waals surface area contributed by atoms with E-state index in [2.05, 4.69) is 12.6 Å². The third-order valence-electron chi connectivity index (χ3n) is 5.16. The number of thiophene rings is 1. The van der Waals surface area contributed by atoms with Crippen molar-refractivity contribution in [2.24, 2.45) is 0 Å². The molecule has 0 radical (unpaired) electrons. The van der Waals surface area contributed by atoms with Crippen LogP contribution < -0.4 is 9.47 Å². The molecular formula is C23H28N2O5S. The van der Waals surface area contributed by atoms with E-state index in [1.54, 1.807) is 24.5 Å². The molecule has 1 aromatic carbocycles. The molecule has 3 rings (SSSR count). The summed E-state index contributed by atoms with van der Waals surface area (Å²) in [7, 11) is 3.07. The zero-order valence-electron chi connectivity index (χ0n) is 17.9. The van der Waals surface area contributed by atoms with Crippen LogP contribution in [0.1, 0.15) is 16.5 Å². The monoisotopic (exact) mass is 444 g/mol. The highest BCUT2D eigenvalue weighted by Crippen LogP contribution is 2.34. The molecule has 0 bridgehead atoms. The number of hydrogen-bond donors (Lipinski definition) is 0. The zero-order valence-corrected chi connectivity index (χ0v) is 18.7. The fraction of sp³-hybridized carbons (Fsp3) is 0.391. The third kappa shape index (κ3) is 5.65. The molecule has 31 heavy (non-hydrogen) atoms. The Bertz CT molecular complexity index is 913. The summed E-state index contributed by atoms with van der Waals surface area (Å²) in [5.74, 6) is 1.02. The summed E-state index contributed by atoms with van der Waals surface area (Å²) >= 11 is 1.70. The van der Waals surface area contributed by atoms with Gasteiger partial charge in [-0.05, 0) is 35.6 Å². The predicted molar refractivity (Wildman–Crippen MR) is 120 cm³/mol. The standard InChI is InChI=1S/C23H28N2O5S/c1-4-10-24(23(27)16-28-2)14-22(26)25-11-8-21-19(9-12-31-21)20(25)15-30-18-7-5-6-17(13-18)29-3/h4-7,9,12-13,20H,1,8,10-11,14-16H2,2-3H3/t20-/m0/s1. The molecule has 1 aliphatic heterocycles. The topological polar surface area (TPSA) is 68.3 Å². The van der Waals surface area contributed by atoms with Gasteiger partial charge < -0.3 is 24.0 Å². The Morgan fingerprint density at radius 3 is 2.84 bits per heavy atom. The van der Waals surface area contributed by atoms with E-state index in [1.165, 1.54) is 16.9 Å². The van der Waals surface area contributed by atoms with E-state index >= 15 is 0 Å². The molecule has 8 heteroatoms. The molecule has 0 aliphatic carbocycles. The van der Waals surface area contributed by atoms with Crippen molar-refractivity contribution >= 4 is 23.2 Å². The fourth-order valence-corrected chi connectivity index (χ4v) is 4.55. The number of hydrogen-bond acceptors (Lipinski definition) is 6. The van der Waals surface area contributed by atoms with Gasteiger partial charge >= 0.3 is 0 Å². The van der Waals surface area contributed by atoms with Crippen LogP contribution in [0.3, 0.4) is 0 Å². The van der Waals surface area contributed by atoms with Gasteiger partial charge in [0.1, 0.15) is 31.3 Å². The van der Waals surface area contributed by atoms with Crippen molar-refractivity contribution in [2.75, 3.05) is 47.1 Å². The first-order chi connectivity index (χ1) is 15.1. The number of methoxy groups -OCH3 is 2. The van der Waals surface area contributed by atoms with Crippen LogP contribution in [0.25, 0.3) is 0 Å². The molecular weight excluding hydrogens is 416 g/mol. The maximum absolute atomic E-state index is 13.2. The van der Waals surface area contributed by atoms with Crippen LogP contribution in [0.15, 0.2) is 48.4 Å². The summed E-state index contributed by atoms with van der Waals surface area (Å²) in [6.45, 7) is 4.78. The number of carbonyl (C=O) groups excluding carboxylic acids is 2. The average molecular weight is 445 g/mol. The van der Waals surface area contributed by atoms with Crippen molar-refractivity contribution in [3.63, 3.8) is 0 Å². The second kappa shape index (κ2) is 11.0. The number of nitrogens with zero attached hydrogens (tertiary/aromatic N) is 2. The summed E-state index contributed by atoms with van der Waals surface area (Å²) in [5.41, 5.74) is 1.10. The van der Waals surface area contributed by atoms with Gasteiger partial charge in [-0.15, -0.1) is 17.9 Å². The summed E-state index contributed by atoms with van der Waals surface area (Å²) in [4.78, 5) is 30.1. The molecule has 0 unspecified atom stereocenters. The Morgan fingerprint density at radius 2 is 2.10 bits per heavy atom.